The Hall–Kier alpha value is -1.67. The van der Waals surface area contributed by atoms with Crippen LogP contribution in [0.15, 0.2) is 60.9 Å². The van der Waals surface area contributed by atoms with Gasteiger partial charge in [-0.05, 0) is 5.56 Å². The van der Waals surface area contributed by atoms with E-state index in [4.69, 9.17) is 0 Å². The second-order valence-corrected chi connectivity index (χ2v) is 3.92. The molecule has 0 aliphatic carbocycles. The fourth-order valence-electron chi connectivity index (χ4n) is 1.78. The zero-order chi connectivity index (χ0) is 11.4. The summed E-state index contributed by atoms with van der Waals surface area (Å²) in [5.74, 6) is 0. The van der Waals surface area contributed by atoms with Gasteiger partial charge in [0.2, 0.25) is 0 Å². The maximum absolute atomic E-state index is 10.2. The van der Waals surface area contributed by atoms with E-state index in [1.54, 1.807) is 0 Å². The maximum Gasteiger partial charge on any atom is 0.185 e. The highest BCUT2D eigenvalue weighted by molar-refractivity contribution is 5.17. The van der Waals surface area contributed by atoms with E-state index in [0.29, 0.717) is 0 Å². The number of benzene rings is 1. The molecule has 1 heterocycles. The minimum absolute atomic E-state index is 0.0311. The van der Waals surface area contributed by atoms with Crippen LogP contribution in [0.25, 0.3) is 0 Å². The van der Waals surface area contributed by atoms with Crippen molar-refractivity contribution in [3.63, 3.8) is 0 Å². The van der Waals surface area contributed by atoms with Gasteiger partial charge in [0.15, 0.2) is 18.4 Å². The number of aromatic nitrogens is 1. The van der Waals surface area contributed by atoms with E-state index in [9.17, 15) is 5.11 Å². The third kappa shape index (κ3) is 2.28. The van der Waals surface area contributed by atoms with Crippen molar-refractivity contribution in [1.29, 1.82) is 0 Å². The number of rotatable bonds is 3. The summed E-state index contributed by atoms with van der Waals surface area (Å²) in [6.07, 6.45) is 3.46. The van der Waals surface area contributed by atoms with Crippen molar-refractivity contribution in [3.05, 3.63) is 66.5 Å². The Bertz CT molecular complexity index is 384. The molecule has 0 amide bonds. The molecule has 0 bridgehead atoms. The van der Waals surface area contributed by atoms with Gasteiger partial charge in [-0.25, -0.2) is 0 Å². The minimum Gasteiger partial charge on any atom is -0.381 e. The van der Waals surface area contributed by atoms with Crippen molar-refractivity contribution >= 4 is 0 Å². The van der Waals surface area contributed by atoms with Gasteiger partial charge >= 0.3 is 0 Å². The summed E-state index contributed by atoms with van der Waals surface area (Å²) < 4.78 is 2.01. The van der Waals surface area contributed by atoms with E-state index in [1.807, 2.05) is 72.4 Å². The molecule has 0 saturated heterocycles. The van der Waals surface area contributed by atoms with Gasteiger partial charge in [-0.3, -0.25) is 0 Å². The van der Waals surface area contributed by atoms with Gasteiger partial charge in [-0.1, -0.05) is 36.4 Å². The molecular weight excluding hydrogens is 198 g/mol. The van der Waals surface area contributed by atoms with Crippen molar-refractivity contribution in [2.24, 2.45) is 0 Å². The Morgan fingerprint density at radius 2 is 1.50 bits per heavy atom. The van der Waals surface area contributed by atoms with Crippen LogP contribution in [-0.2, 0) is 0 Å². The minimum atomic E-state index is -0.478. The van der Waals surface area contributed by atoms with Gasteiger partial charge in [0.05, 0.1) is 0 Å². The van der Waals surface area contributed by atoms with Crippen molar-refractivity contribution in [2.75, 3.05) is 0 Å². The Kier molecular flexibility index (Phi) is 3.32. The molecule has 0 fully saturated rings. The first kappa shape index (κ1) is 10.8. The molecule has 0 saturated carbocycles. The molecule has 0 unspecified atom stereocenters. The molecule has 0 aliphatic rings. The molecule has 2 atom stereocenters. The molecule has 2 nitrogen and oxygen atoms in total. The fourth-order valence-corrected chi connectivity index (χ4v) is 1.78. The normalized spacial score (nSPS) is 14.4. The summed E-state index contributed by atoms with van der Waals surface area (Å²) in [7, 11) is 0. The highest BCUT2D eigenvalue weighted by atomic mass is 16.3. The van der Waals surface area contributed by atoms with Crippen LogP contribution in [0.2, 0.25) is 0 Å². The predicted octanol–water partition coefficient (Wildman–Crippen LogP) is 2.27. The highest BCUT2D eigenvalue weighted by Gasteiger charge is 2.23. The van der Waals surface area contributed by atoms with Gasteiger partial charge in [-0.15, -0.1) is 0 Å². The van der Waals surface area contributed by atoms with Crippen LogP contribution in [0.4, 0.5) is 0 Å². The summed E-state index contributed by atoms with van der Waals surface area (Å²) in [6.45, 7) is 2.01. The Morgan fingerprint density at radius 1 is 0.938 bits per heavy atom. The lowest BCUT2D eigenvalue weighted by Gasteiger charge is -2.14. The van der Waals surface area contributed by atoms with Crippen LogP contribution in [0.3, 0.4) is 0 Å². The molecule has 1 aromatic heterocycles. The molecule has 0 spiro atoms. The number of aliphatic hydroxyl groups excluding tert-OH is 1. The van der Waals surface area contributed by atoms with Crippen molar-refractivity contribution in [1.82, 2.24) is 0 Å². The predicted molar refractivity (Wildman–Crippen MR) is 62.7 cm³/mol. The van der Waals surface area contributed by atoms with E-state index < -0.39 is 6.10 Å². The third-order valence-electron chi connectivity index (χ3n) is 2.81. The lowest BCUT2D eigenvalue weighted by atomic mass is 10.0. The third-order valence-corrected chi connectivity index (χ3v) is 2.81. The quantitative estimate of drug-likeness (QED) is 0.779. The molecule has 1 N–H and O–H groups in total. The zero-order valence-electron chi connectivity index (χ0n) is 9.32. The number of hydrogen-bond donors (Lipinski definition) is 1. The van der Waals surface area contributed by atoms with Crippen LogP contribution in [-0.4, -0.2) is 5.11 Å². The Morgan fingerprint density at radius 3 is 2.12 bits per heavy atom. The van der Waals surface area contributed by atoms with Crippen LogP contribution < -0.4 is 4.57 Å². The number of hydrogen-bond acceptors (Lipinski definition) is 1. The molecule has 0 aliphatic heterocycles. The summed E-state index contributed by atoms with van der Waals surface area (Å²) in [4.78, 5) is 0. The first-order valence-electron chi connectivity index (χ1n) is 5.48. The van der Waals surface area contributed by atoms with E-state index >= 15 is 0 Å². The standard InChI is InChI=1S/C14H16NO/c1-12(15-10-6-3-7-11-15)14(16)13-8-4-2-5-9-13/h2-12,14,16H,1H3/q+1/t12-,14+/m0/s1. The SMILES string of the molecule is C[C@@H]([C@@H](O)c1ccccc1)[n+]1ccccc1. The van der Waals surface area contributed by atoms with Crippen LogP contribution in [0, 0.1) is 0 Å². The summed E-state index contributed by atoms with van der Waals surface area (Å²) in [5.41, 5.74) is 0.950. The highest BCUT2D eigenvalue weighted by Crippen LogP contribution is 2.20. The molecule has 1 aromatic carbocycles. The molecular formula is C14H16NO+. The number of nitrogens with zero attached hydrogens (tertiary/aromatic N) is 1. The van der Waals surface area contributed by atoms with Gasteiger partial charge < -0.3 is 5.11 Å². The second-order valence-electron chi connectivity index (χ2n) is 3.92. The first-order chi connectivity index (χ1) is 7.79. The average Bonchev–Trinajstić information content (AvgIpc) is 2.39. The second kappa shape index (κ2) is 4.90. The summed E-state index contributed by atoms with van der Waals surface area (Å²) in [5, 5.41) is 10.2. The van der Waals surface area contributed by atoms with Crippen molar-refractivity contribution < 1.29 is 9.67 Å². The lowest BCUT2D eigenvalue weighted by molar-refractivity contribution is -0.728. The van der Waals surface area contributed by atoms with Gasteiger partial charge in [0.25, 0.3) is 0 Å². The maximum atomic E-state index is 10.2. The topological polar surface area (TPSA) is 24.1 Å². The molecule has 0 radical (unpaired) electrons. The fraction of sp³-hybridized carbons (Fsp3) is 0.214. The van der Waals surface area contributed by atoms with E-state index in [0.717, 1.165) is 5.56 Å². The van der Waals surface area contributed by atoms with Crippen LogP contribution >= 0.6 is 0 Å². The van der Waals surface area contributed by atoms with E-state index in [1.165, 1.54) is 0 Å². The molecule has 82 valence electrons. The zero-order valence-corrected chi connectivity index (χ0v) is 9.32. The largest absolute Gasteiger partial charge is 0.381 e. The Balaban J connectivity index is 2.20. The number of pyridine rings is 1. The van der Waals surface area contributed by atoms with E-state index in [-0.39, 0.29) is 6.04 Å². The van der Waals surface area contributed by atoms with E-state index in [2.05, 4.69) is 0 Å². The van der Waals surface area contributed by atoms with Gasteiger partial charge in [0.1, 0.15) is 6.10 Å². The summed E-state index contributed by atoms with van der Waals surface area (Å²) >= 11 is 0. The average molecular weight is 214 g/mol. The molecule has 2 heteroatoms. The van der Waals surface area contributed by atoms with Gasteiger partial charge in [-0.2, -0.15) is 4.57 Å². The smallest absolute Gasteiger partial charge is 0.185 e. The summed E-state index contributed by atoms with van der Waals surface area (Å²) in [6, 6.07) is 15.7. The van der Waals surface area contributed by atoms with Crippen LogP contribution in [0.1, 0.15) is 24.6 Å². The molecule has 2 rings (SSSR count). The molecule has 16 heavy (non-hydrogen) atoms. The first-order valence-corrected chi connectivity index (χ1v) is 5.48. The van der Waals surface area contributed by atoms with Gasteiger partial charge in [0, 0.05) is 19.1 Å². The lowest BCUT2D eigenvalue weighted by Crippen LogP contribution is -2.40. The van der Waals surface area contributed by atoms with Crippen molar-refractivity contribution in [3.8, 4) is 0 Å². The van der Waals surface area contributed by atoms with Crippen LogP contribution in [0.5, 0.6) is 0 Å². The Labute approximate surface area is 95.8 Å². The molecule has 2 aromatic rings. The number of aliphatic hydroxyl groups is 1. The van der Waals surface area contributed by atoms with Crippen molar-refractivity contribution in [2.45, 2.75) is 19.1 Å². The monoisotopic (exact) mass is 214 g/mol.